The van der Waals surface area contributed by atoms with Crippen LogP contribution in [0.15, 0.2) is 28.8 Å². The van der Waals surface area contributed by atoms with Crippen LogP contribution in [0.2, 0.25) is 0 Å². The molecule has 3 rings (SSSR count). The summed E-state index contributed by atoms with van der Waals surface area (Å²) < 4.78 is 5.12. The van der Waals surface area contributed by atoms with E-state index in [2.05, 4.69) is 20.4 Å². The standard InChI is InChI=1S/C18H24N4O2/c1-14-20-18(24-21-14)16-8-6-15(7-9-16)17(23)19-10-5-13-22-11-3-2-4-12-22/h6-9H,2-5,10-13H2,1H3,(H,19,23). The molecule has 1 aliphatic heterocycles. The van der Waals surface area contributed by atoms with Gasteiger partial charge in [0.05, 0.1) is 0 Å². The van der Waals surface area contributed by atoms with Crippen LogP contribution >= 0.6 is 0 Å². The molecule has 6 nitrogen and oxygen atoms in total. The third-order valence-electron chi connectivity index (χ3n) is 4.31. The molecule has 1 aromatic heterocycles. The van der Waals surface area contributed by atoms with E-state index in [1.54, 1.807) is 19.1 Å². The summed E-state index contributed by atoms with van der Waals surface area (Å²) in [6.07, 6.45) is 4.95. The number of hydrogen-bond donors (Lipinski definition) is 1. The topological polar surface area (TPSA) is 71.3 Å². The average molecular weight is 328 g/mol. The van der Waals surface area contributed by atoms with Crippen molar-refractivity contribution in [3.8, 4) is 11.5 Å². The van der Waals surface area contributed by atoms with Crippen molar-refractivity contribution in [2.75, 3.05) is 26.2 Å². The molecule has 1 N–H and O–H groups in total. The number of aryl methyl sites for hydroxylation is 1. The number of carbonyl (C=O) groups is 1. The Balaban J connectivity index is 1.44. The first kappa shape index (κ1) is 16.6. The first-order chi connectivity index (χ1) is 11.7. The van der Waals surface area contributed by atoms with Crippen molar-refractivity contribution in [1.82, 2.24) is 20.4 Å². The Bertz CT molecular complexity index is 660. The van der Waals surface area contributed by atoms with Crippen LogP contribution in [0.4, 0.5) is 0 Å². The van der Waals surface area contributed by atoms with Crippen molar-refractivity contribution in [2.45, 2.75) is 32.6 Å². The second-order valence-corrected chi connectivity index (χ2v) is 6.24. The third-order valence-corrected chi connectivity index (χ3v) is 4.31. The smallest absolute Gasteiger partial charge is 0.257 e. The second-order valence-electron chi connectivity index (χ2n) is 6.24. The summed E-state index contributed by atoms with van der Waals surface area (Å²) >= 11 is 0. The van der Waals surface area contributed by atoms with Gasteiger partial charge >= 0.3 is 0 Å². The fraction of sp³-hybridized carbons (Fsp3) is 0.500. The van der Waals surface area contributed by atoms with Gasteiger partial charge in [0.1, 0.15) is 0 Å². The number of hydrogen-bond acceptors (Lipinski definition) is 5. The van der Waals surface area contributed by atoms with Crippen molar-refractivity contribution >= 4 is 5.91 Å². The van der Waals surface area contributed by atoms with Gasteiger partial charge in [-0.05, 0) is 70.1 Å². The lowest BCUT2D eigenvalue weighted by Crippen LogP contribution is -2.33. The highest BCUT2D eigenvalue weighted by Gasteiger charge is 2.11. The zero-order chi connectivity index (χ0) is 16.8. The Morgan fingerprint density at radius 3 is 2.62 bits per heavy atom. The normalized spacial score (nSPS) is 15.4. The minimum Gasteiger partial charge on any atom is -0.352 e. The molecular formula is C18H24N4O2. The minimum atomic E-state index is -0.0399. The van der Waals surface area contributed by atoms with Gasteiger partial charge in [-0.1, -0.05) is 11.6 Å². The third kappa shape index (κ3) is 4.41. The fourth-order valence-electron chi connectivity index (χ4n) is 2.97. The lowest BCUT2D eigenvalue weighted by atomic mass is 10.1. The molecule has 0 aliphatic carbocycles. The van der Waals surface area contributed by atoms with Gasteiger partial charge in [-0.2, -0.15) is 4.98 Å². The fourth-order valence-corrected chi connectivity index (χ4v) is 2.97. The number of piperidine rings is 1. The summed E-state index contributed by atoms with van der Waals surface area (Å²) in [5.74, 6) is 1.03. The number of benzene rings is 1. The molecule has 0 bridgehead atoms. The van der Waals surface area contributed by atoms with Crippen molar-refractivity contribution in [1.29, 1.82) is 0 Å². The van der Waals surface area contributed by atoms with Crippen molar-refractivity contribution < 1.29 is 9.32 Å². The van der Waals surface area contributed by atoms with E-state index in [-0.39, 0.29) is 5.91 Å². The van der Waals surface area contributed by atoms with Gasteiger partial charge in [-0.25, -0.2) is 0 Å². The predicted octanol–water partition coefficient (Wildman–Crippen LogP) is 2.65. The van der Waals surface area contributed by atoms with E-state index in [1.165, 1.54) is 32.4 Å². The van der Waals surface area contributed by atoms with Crippen LogP contribution in [-0.4, -0.2) is 47.1 Å². The van der Waals surface area contributed by atoms with Gasteiger partial charge in [0.25, 0.3) is 11.8 Å². The molecule has 6 heteroatoms. The summed E-state index contributed by atoms with van der Waals surface area (Å²) in [5.41, 5.74) is 1.46. The molecule has 128 valence electrons. The summed E-state index contributed by atoms with van der Waals surface area (Å²) in [4.78, 5) is 18.8. The highest BCUT2D eigenvalue weighted by atomic mass is 16.5. The van der Waals surface area contributed by atoms with E-state index in [4.69, 9.17) is 4.52 Å². The molecule has 0 spiro atoms. The van der Waals surface area contributed by atoms with Crippen molar-refractivity contribution in [3.63, 3.8) is 0 Å². The number of carbonyl (C=O) groups excluding carboxylic acids is 1. The molecule has 0 saturated carbocycles. The maximum absolute atomic E-state index is 12.2. The Morgan fingerprint density at radius 2 is 1.96 bits per heavy atom. The molecule has 0 unspecified atom stereocenters. The van der Waals surface area contributed by atoms with Crippen LogP contribution in [0.25, 0.3) is 11.5 Å². The molecule has 2 heterocycles. The number of nitrogens with one attached hydrogen (secondary N) is 1. The van der Waals surface area contributed by atoms with E-state index in [0.29, 0.717) is 23.8 Å². The maximum atomic E-state index is 12.2. The molecule has 1 amide bonds. The Hall–Kier alpha value is -2.21. The zero-order valence-corrected chi connectivity index (χ0v) is 14.1. The average Bonchev–Trinajstić information content (AvgIpc) is 3.06. The molecule has 1 fully saturated rings. The summed E-state index contributed by atoms with van der Waals surface area (Å²) in [7, 11) is 0. The number of nitrogens with zero attached hydrogens (tertiary/aromatic N) is 3. The van der Waals surface area contributed by atoms with Crippen LogP contribution in [0, 0.1) is 6.92 Å². The number of likely N-dealkylation sites (tertiary alicyclic amines) is 1. The van der Waals surface area contributed by atoms with Gasteiger partial charge in [-0.15, -0.1) is 0 Å². The van der Waals surface area contributed by atoms with Gasteiger partial charge in [0, 0.05) is 17.7 Å². The van der Waals surface area contributed by atoms with E-state index >= 15 is 0 Å². The van der Waals surface area contributed by atoms with Gasteiger partial charge in [-0.3, -0.25) is 4.79 Å². The lowest BCUT2D eigenvalue weighted by molar-refractivity contribution is 0.0951. The van der Waals surface area contributed by atoms with E-state index in [1.807, 2.05) is 12.1 Å². The molecule has 24 heavy (non-hydrogen) atoms. The first-order valence-corrected chi connectivity index (χ1v) is 8.64. The molecule has 0 radical (unpaired) electrons. The molecule has 1 aromatic carbocycles. The number of rotatable bonds is 6. The van der Waals surface area contributed by atoms with E-state index in [9.17, 15) is 4.79 Å². The predicted molar refractivity (Wildman–Crippen MR) is 91.7 cm³/mol. The van der Waals surface area contributed by atoms with Gasteiger partial charge < -0.3 is 14.7 Å². The number of amides is 1. The molecule has 0 atom stereocenters. The van der Waals surface area contributed by atoms with E-state index in [0.717, 1.165) is 18.5 Å². The SMILES string of the molecule is Cc1noc(-c2ccc(C(=O)NCCCN3CCCCC3)cc2)n1. The Morgan fingerprint density at radius 1 is 1.21 bits per heavy atom. The van der Waals surface area contributed by atoms with Gasteiger partial charge in [0.2, 0.25) is 0 Å². The van der Waals surface area contributed by atoms with Crippen LogP contribution in [0.3, 0.4) is 0 Å². The highest BCUT2D eigenvalue weighted by Crippen LogP contribution is 2.17. The van der Waals surface area contributed by atoms with Crippen molar-refractivity contribution in [3.05, 3.63) is 35.7 Å². The quantitative estimate of drug-likeness (QED) is 0.826. The Kier molecular flexibility index (Phi) is 5.59. The highest BCUT2D eigenvalue weighted by molar-refractivity contribution is 5.94. The van der Waals surface area contributed by atoms with E-state index < -0.39 is 0 Å². The Labute approximate surface area is 142 Å². The maximum Gasteiger partial charge on any atom is 0.257 e. The zero-order valence-electron chi connectivity index (χ0n) is 14.1. The summed E-state index contributed by atoms with van der Waals surface area (Å²) in [5, 5.41) is 6.75. The summed E-state index contributed by atoms with van der Waals surface area (Å²) in [6, 6.07) is 7.23. The van der Waals surface area contributed by atoms with Crippen LogP contribution < -0.4 is 5.32 Å². The minimum absolute atomic E-state index is 0.0399. The van der Waals surface area contributed by atoms with Crippen LogP contribution in [-0.2, 0) is 0 Å². The molecule has 2 aromatic rings. The van der Waals surface area contributed by atoms with Crippen LogP contribution in [0.5, 0.6) is 0 Å². The molecule has 1 saturated heterocycles. The first-order valence-electron chi connectivity index (χ1n) is 8.64. The summed E-state index contributed by atoms with van der Waals surface area (Å²) in [6.45, 7) is 5.95. The number of aromatic nitrogens is 2. The lowest BCUT2D eigenvalue weighted by Gasteiger charge is -2.26. The monoisotopic (exact) mass is 328 g/mol. The van der Waals surface area contributed by atoms with Gasteiger partial charge in [0.15, 0.2) is 5.82 Å². The molecule has 1 aliphatic rings. The largest absolute Gasteiger partial charge is 0.352 e. The van der Waals surface area contributed by atoms with Crippen molar-refractivity contribution in [2.24, 2.45) is 0 Å². The van der Waals surface area contributed by atoms with Crippen LogP contribution in [0.1, 0.15) is 41.9 Å². The molecular weight excluding hydrogens is 304 g/mol. The second kappa shape index (κ2) is 8.06.